The van der Waals surface area contributed by atoms with E-state index in [2.05, 4.69) is 6.58 Å². The van der Waals surface area contributed by atoms with Gasteiger partial charge in [-0.3, -0.25) is 0 Å². The highest BCUT2D eigenvalue weighted by molar-refractivity contribution is 8.00. The van der Waals surface area contributed by atoms with Crippen LogP contribution in [0.2, 0.25) is 0 Å². The van der Waals surface area contributed by atoms with Crippen LogP contribution >= 0.6 is 11.8 Å². The van der Waals surface area contributed by atoms with E-state index < -0.39 is 0 Å². The van der Waals surface area contributed by atoms with Crippen molar-refractivity contribution in [3.8, 4) is 0 Å². The molecule has 0 fully saturated rings. The first-order chi connectivity index (χ1) is 3.41. The molecule has 0 rings (SSSR count). The fourth-order valence-corrected chi connectivity index (χ4v) is 0.631. The molecule has 0 bridgehead atoms. The van der Waals surface area contributed by atoms with Crippen molar-refractivity contribution in [2.45, 2.75) is 0 Å². The second kappa shape index (κ2) is 5.76. The van der Waals surface area contributed by atoms with Gasteiger partial charge in [-0.2, -0.15) is 11.8 Å². The van der Waals surface area contributed by atoms with E-state index in [1.54, 1.807) is 11.8 Å². The van der Waals surface area contributed by atoms with Crippen molar-refractivity contribution in [1.82, 2.24) is 0 Å². The first-order valence-electron chi connectivity index (χ1n) is 2.09. The van der Waals surface area contributed by atoms with Gasteiger partial charge in [-0.15, -0.1) is 6.58 Å². The molecule has 0 saturated carbocycles. The third-order valence-corrected chi connectivity index (χ3v) is 1.31. The zero-order valence-electron chi connectivity index (χ0n) is 4.18. The molecular formula is C5H9NS. The minimum absolute atomic E-state index is 0.812. The van der Waals surface area contributed by atoms with E-state index in [1.807, 2.05) is 6.08 Å². The Bertz CT molecular complexity index is 53.1. The Labute approximate surface area is 48.3 Å². The van der Waals surface area contributed by atoms with Crippen LogP contribution in [0.25, 0.3) is 0 Å². The Morgan fingerprint density at radius 3 is 2.71 bits per heavy atom. The van der Waals surface area contributed by atoms with E-state index in [0.717, 1.165) is 11.5 Å². The Morgan fingerprint density at radius 2 is 2.29 bits per heavy atom. The molecule has 0 spiro atoms. The molecule has 0 saturated heterocycles. The highest BCUT2D eigenvalue weighted by Gasteiger charge is 1.74. The maximum Gasteiger partial charge on any atom is 0.0284 e. The van der Waals surface area contributed by atoms with Gasteiger partial charge in [0.15, 0.2) is 0 Å². The first-order valence-corrected chi connectivity index (χ1v) is 3.25. The number of hydrogen-bond donors (Lipinski definition) is 1. The summed E-state index contributed by atoms with van der Waals surface area (Å²) in [4.78, 5) is 0. The summed E-state index contributed by atoms with van der Waals surface area (Å²) in [5, 5.41) is 6.60. The van der Waals surface area contributed by atoms with Gasteiger partial charge in [0.25, 0.3) is 0 Å². The molecule has 7 heavy (non-hydrogen) atoms. The summed E-state index contributed by atoms with van der Waals surface area (Å²) in [6.07, 6.45) is 3.24. The molecule has 0 aromatic heterocycles. The van der Waals surface area contributed by atoms with Crippen LogP contribution in [0, 0.1) is 5.41 Å². The van der Waals surface area contributed by atoms with E-state index in [1.165, 1.54) is 6.21 Å². The van der Waals surface area contributed by atoms with E-state index in [9.17, 15) is 0 Å². The quantitative estimate of drug-likeness (QED) is 0.335. The van der Waals surface area contributed by atoms with Gasteiger partial charge in [-0.05, 0) is 0 Å². The molecule has 0 amide bonds. The van der Waals surface area contributed by atoms with Crippen molar-refractivity contribution >= 4 is 18.0 Å². The summed E-state index contributed by atoms with van der Waals surface area (Å²) in [6, 6.07) is 0. The predicted molar refractivity (Wildman–Crippen MR) is 36.3 cm³/mol. The fraction of sp³-hybridized carbons (Fsp3) is 0.400. The lowest BCUT2D eigenvalue weighted by molar-refractivity contribution is 1.55. The first kappa shape index (κ1) is 6.76. The van der Waals surface area contributed by atoms with Crippen LogP contribution in [-0.2, 0) is 0 Å². The van der Waals surface area contributed by atoms with E-state index in [0.29, 0.717) is 0 Å². The molecule has 0 aliphatic carbocycles. The summed E-state index contributed by atoms with van der Waals surface area (Å²) in [5.41, 5.74) is 0. The Morgan fingerprint density at radius 1 is 1.57 bits per heavy atom. The highest BCUT2D eigenvalue weighted by atomic mass is 32.2. The lowest BCUT2D eigenvalue weighted by Gasteiger charge is -1.84. The smallest absolute Gasteiger partial charge is 0.0284 e. The van der Waals surface area contributed by atoms with Crippen LogP contribution in [0.15, 0.2) is 12.7 Å². The second-order valence-corrected chi connectivity index (χ2v) is 2.11. The van der Waals surface area contributed by atoms with Crippen molar-refractivity contribution in [1.29, 1.82) is 5.41 Å². The molecule has 0 aliphatic heterocycles. The van der Waals surface area contributed by atoms with Crippen LogP contribution in [0.5, 0.6) is 0 Å². The number of thioether (sulfide) groups is 1. The minimum atomic E-state index is 0.812. The summed E-state index contributed by atoms with van der Waals surface area (Å²) in [6.45, 7) is 3.54. The van der Waals surface area contributed by atoms with Crippen LogP contribution in [-0.4, -0.2) is 17.7 Å². The van der Waals surface area contributed by atoms with Crippen molar-refractivity contribution in [2.75, 3.05) is 11.5 Å². The van der Waals surface area contributed by atoms with E-state index >= 15 is 0 Å². The average Bonchev–Trinajstić information content (AvgIpc) is 1.69. The molecule has 2 heteroatoms. The Hall–Kier alpha value is -0.240. The maximum absolute atomic E-state index is 6.60. The Kier molecular flexibility index (Phi) is 5.56. The highest BCUT2D eigenvalue weighted by Crippen LogP contribution is 1.94. The van der Waals surface area contributed by atoms with Crippen molar-refractivity contribution in [3.05, 3.63) is 12.7 Å². The maximum atomic E-state index is 6.60. The zero-order valence-corrected chi connectivity index (χ0v) is 5.00. The van der Waals surface area contributed by atoms with Crippen LogP contribution in [0.4, 0.5) is 0 Å². The SMILES string of the molecule is C=CCSCC=N. The normalized spacial score (nSPS) is 8.00. The van der Waals surface area contributed by atoms with Crippen molar-refractivity contribution in [3.63, 3.8) is 0 Å². The van der Waals surface area contributed by atoms with Gasteiger partial charge in [0.05, 0.1) is 0 Å². The second-order valence-electron chi connectivity index (χ2n) is 1.03. The molecule has 0 aromatic carbocycles. The lowest BCUT2D eigenvalue weighted by Crippen LogP contribution is -1.76. The zero-order chi connectivity index (χ0) is 5.54. The van der Waals surface area contributed by atoms with Gasteiger partial charge in [0, 0.05) is 17.7 Å². The van der Waals surface area contributed by atoms with E-state index in [-0.39, 0.29) is 0 Å². The van der Waals surface area contributed by atoms with Crippen molar-refractivity contribution < 1.29 is 0 Å². The topological polar surface area (TPSA) is 23.9 Å². The largest absolute Gasteiger partial charge is 0.312 e. The average molecular weight is 115 g/mol. The standard InChI is InChI=1S/C5H9NS/c1-2-4-7-5-3-6/h2-3,6H,1,4-5H2. The summed E-state index contributed by atoms with van der Waals surface area (Å²) in [7, 11) is 0. The monoisotopic (exact) mass is 115 g/mol. The van der Waals surface area contributed by atoms with Crippen LogP contribution in [0.3, 0.4) is 0 Å². The number of nitrogens with one attached hydrogen (secondary N) is 1. The summed E-state index contributed by atoms with van der Waals surface area (Å²) in [5.74, 6) is 1.77. The van der Waals surface area contributed by atoms with Gasteiger partial charge >= 0.3 is 0 Å². The third-order valence-electron chi connectivity index (χ3n) is 0.437. The molecule has 0 heterocycles. The molecule has 1 nitrogen and oxygen atoms in total. The van der Waals surface area contributed by atoms with Crippen molar-refractivity contribution in [2.24, 2.45) is 0 Å². The Balaban J connectivity index is 2.68. The van der Waals surface area contributed by atoms with Crippen LogP contribution < -0.4 is 0 Å². The van der Waals surface area contributed by atoms with Gasteiger partial charge < -0.3 is 5.41 Å². The third kappa shape index (κ3) is 5.76. The van der Waals surface area contributed by atoms with Crippen LogP contribution in [0.1, 0.15) is 0 Å². The number of hydrogen-bond acceptors (Lipinski definition) is 2. The molecule has 1 N–H and O–H groups in total. The fourth-order valence-electron chi connectivity index (χ4n) is 0.210. The van der Waals surface area contributed by atoms with Gasteiger partial charge in [0.2, 0.25) is 0 Å². The van der Waals surface area contributed by atoms with E-state index in [4.69, 9.17) is 5.41 Å². The summed E-state index contributed by atoms with van der Waals surface area (Å²) < 4.78 is 0. The molecular weight excluding hydrogens is 106 g/mol. The predicted octanol–water partition coefficient (Wildman–Crippen LogP) is 1.56. The lowest BCUT2D eigenvalue weighted by atomic mass is 10.8. The van der Waals surface area contributed by atoms with Gasteiger partial charge in [0.1, 0.15) is 0 Å². The molecule has 0 atom stereocenters. The van der Waals surface area contributed by atoms with Gasteiger partial charge in [-0.1, -0.05) is 6.08 Å². The molecule has 0 radical (unpaired) electrons. The molecule has 0 aromatic rings. The molecule has 0 aliphatic rings. The number of rotatable bonds is 4. The molecule has 0 unspecified atom stereocenters. The molecule has 40 valence electrons. The summed E-state index contributed by atoms with van der Waals surface area (Å²) >= 11 is 1.69. The minimum Gasteiger partial charge on any atom is -0.312 e. The van der Waals surface area contributed by atoms with Gasteiger partial charge in [-0.25, -0.2) is 0 Å².